The van der Waals surface area contributed by atoms with E-state index in [1.807, 2.05) is 0 Å². The van der Waals surface area contributed by atoms with E-state index in [2.05, 4.69) is 10.0 Å². The Hall–Kier alpha value is -3.04. The lowest BCUT2D eigenvalue weighted by Gasteiger charge is -2.11. The summed E-state index contributed by atoms with van der Waals surface area (Å²) in [5.74, 6) is -1.78. The lowest BCUT2D eigenvalue weighted by Crippen LogP contribution is -2.32. The molecular formula is C20H22N2O6S. The third kappa shape index (κ3) is 6.23. The van der Waals surface area contributed by atoms with Crippen LogP contribution in [0.15, 0.2) is 47.4 Å². The predicted octanol–water partition coefficient (Wildman–Crippen LogP) is 1.97. The molecule has 0 saturated carbocycles. The van der Waals surface area contributed by atoms with E-state index >= 15 is 0 Å². The number of ether oxygens (including phenoxy) is 1. The second kappa shape index (κ2) is 9.44. The highest BCUT2D eigenvalue weighted by Gasteiger charge is 2.19. The number of sulfonamides is 1. The number of nitrogens with one attached hydrogen (secondary N) is 2. The minimum atomic E-state index is -3.90. The molecular weight excluding hydrogens is 396 g/mol. The van der Waals surface area contributed by atoms with Crippen molar-refractivity contribution in [2.75, 3.05) is 18.5 Å². The molecule has 1 amide bonds. The summed E-state index contributed by atoms with van der Waals surface area (Å²) in [5.41, 5.74) is 1.94. The summed E-state index contributed by atoms with van der Waals surface area (Å²) >= 11 is 0. The van der Waals surface area contributed by atoms with Crippen LogP contribution in [-0.2, 0) is 24.3 Å². The molecule has 2 aromatic carbocycles. The summed E-state index contributed by atoms with van der Waals surface area (Å²) in [6, 6.07) is 11.4. The van der Waals surface area contributed by atoms with Crippen LogP contribution >= 0.6 is 0 Å². The first-order valence-corrected chi connectivity index (χ1v) is 10.2. The number of rotatable bonds is 8. The van der Waals surface area contributed by atoms with E-state index in [9.17, 15) is 22.8 Å². The van der Waals surface area contributed by atoms with Crippen molar-refractivity contribution < 1.29 is 27.5 Å². The van der Waals surface area contributed by atoms with Crippen LogP contribution in [-0.4, -0.2) is 39.2 Å². The highest BCUT2D eigenvalue weighted by molar-refractivity contribution is 7.89. The topological polar surface area (TPSA) is 119 Å². The van der Waals surface area contributed by atoms with E-state index in [4.69, 9.17) is 4.74 Å². The zero-order valence-corrected chi connectivity index (χ0v) is 17.1. The quantitative estimate of drug-likeness (QED) is 0.500. The summed E-state index contributed by atoms with van der Waals surface area (Å²) in [5, 5.41) is 2.48. The third-order valence-electron chi connectivity index (χ3n) is 3.98. The smallest absolute Gasteiger partial charge is 0.321 e. The van der Waals surface area contributed by atoms with Gasteiger partial charge in [-0.2, -0.15) is 4.72 Å². The number of carbonyl (C=O) groups excluding carboxylic acids is 3. The number of para-hydroxylation sites is 1. The number of ketones is 1. The van der Waals surface area contributed by atoms with Gasteiger partial charge in [-0.25, -0.2) is 8.42 Å². The molecule has 0 spiro atoms. The van der Waals surface area contributed by atoms with Crippen LogP contribution in [0.2, 0.25) is 0 Å². The van der Waals surface area contributed by atoms with Crippen molar-refractivity contribution in [1.29, 1.82) is 0 Å². The number of Topliss-reactive ketones (excluding diaryl/α,β-unsaturated/α-hetero) is 1. The van der Waals surface area contributed by atoms with Crippen LogP contribution in [0, 0.1) is 13.8 Å². The molecule has 9 heteroatoms. The summed E-state index contributed by atoms with van der Waals surface area (Å²) in [6.45, 7) is 3.54. The largest absolute Gasteiger partial charge is 0.455 e. The van der Waals surface area contributed by atoms with Crippen molar-refractivity contribution in [3.63, 3.8) is 0 Å². The fourth-order valence-corrected chi connectivity index (χ4v) is 3.81. The number of hydrogen-bond acceptors (Lipinski definition) is 6. The van der Waals surface area contributed by atoms with Gasteiger partial charge in [-0.3, -0.25) is 14.4 Å². The Kier molecular flexibility index (Phi) is 7.24. The van der Waals surface area contributed by atoms with Crippen LogP contribution in [0.1, 0.15) is 28.4 Å². The predicted molar refractivity (Wildman–Crippen MR) is 107 cm³/mol. The molecule has 0 radical (unpaired) electrons. The minimum Gasteiger partial charge on any atom is -0.455 e. The fourth-order valence-electron chi connectivity index (χ4n) is 2.51. The molecule has 0 bridgehead atoms. The van der Waals surface area contributed by atoms with Crippen LogP contribution in [0.25, 0.3) is 0 Å². The molecule has 0 aliphatic heterocycles. The summed E-state index contributed by atoms with van der Waals surface area (Å²) in [4.78, 5) is 35.4. The molecule has 2 aromatic rings. The number of benzene rings is 2. The van der Waals surface area contributed by atoms with E-state index in [0.29, 0.717) is 16.8 Å². The molecule has 0 fully saturated rings. The van der Waals surface area contributed by atoms with Crippen molar-refractivity contribution in [2.24, 2.45) is 0 Å². The zero-order valence-electron chi connectivity index (χ0n) is 16.3. The Bertz CT molecular complexity index is 1050. The van der Waals surface area contributed by atoms with Crippen molar-refractivity contribution in [1.82, 2.24) is 4.72 Å². The van der Waals surface area contributed by atoms with Crippen molar-refractivity contribution in [3.05, 3.63) is 59.2 Å². The summed E-state index contributed by atoms with van der Waals surface area (Å²) < 4.78 is 31.7. The number of amides is 1. The molecule has 0 heterocycles. The number of esters is 1. The minimum absolute atomic E-state index is 0.0730. The Balaban J connectivity index is 1.89. The van der Waals surface area contributed by atoms with Gasteiger partial charge in [0.05, 0.1) is 10.6 Å². The summed E-state index contributed by atoms with van der Waals surface area (Å²) in [6.07, 6.45) is 0. The SMILES string of the molecule is CC(=O)c1ccccc1NC(=O)COC(=O)CNS(=O)(=O)c1cc(C)ccc1C. The molecule has 154 valence electrons. The lowest BCUT2D eigenvalue weighted by molar-refractivity contribution is -0.146. The molecule has 29 heavy (non-hydrogen) atoms. The van der Waals surface area contributed by atoms with E-state index < -0.39 is 35.1 Å². The Morgan fingerprint density at radius 2 is 1.72 bits per heavy atom. The van der Waals surface area contributed by atoms with Crippen LogP contribution < -0.4 is 10.0 Å². The maximum atomic E-state index is 12.4. The average molecular weight is 418 g/mol. The Morgan fingerprint density at radius 1 is 1.03 bits per heavy atom. The van der Waals surface area contributed by atoms with E-state index in [1.54, 1.807) is 50.2 Å². The number of aryl methyl sites for hydroxylation is 2. The lowest BCUT2D eigenvalue weighted by atomic mass is 10.1. The van der Waals surface area contributed by atoms with E-state index in [-0.39, 0.29) is 10.7 Å². The third-order valence-corrected chi connectivity index (χ3v) is 5.53. The van der Waals surface area contributed by atoms with Crippen molar-refractivity contribution in [2.45, 2.75) is 25.7 Å². The van der Waals surface area contributed by atoms with Gasteiger partial charge in [-0.1, -0.05) is 24.3 Å². The zero-order chi connectivity index (χ0) is 21.6. The monoisotopic (exact) mass is 418 g/mol. The Labute approximate surface area is 169 Å². The van der Waals surface area contributed by atoms with Gasteiger partial charge < -0.3 is 10.1 Å². The highest BCUT2D eigenvalue weighted by atomic mass is 32.2. The van der Waals surface area contributed by atoms with Gasteiger partial charge in [-0.15, -0.1) is 0 Å². The number of anilines is 1. The molecule has 0 unspecified atom stereocenters. The summed E-state index contributed by atoms with van der Waals surface area (Å²) in [7, 11) is -3.90. The van der Waals surface area contributed by atoms with E-state index in [0.717, 1.165) is 5.56 Å². The second-order valence-electron chi connectivity index (χ2n) is 6.40. The molecule has 2 rings (SSSR count). The van der Waals surface area contributed by atoms with Gasteiger partial charge in [0.1, 0.15) is 6.54 Å². The van der Waals surface area contributed by atoms with Crippen LogP contribution in [0.4, 0.5) is 5.69 Å². The molecule has 0 saturated heterocycles. The Morgan fingerprint density at radius 3 is 2.41 bits per heavy atom. The molecule has 0 aliphatic rings. The van der Waals surface area contributed by atoms with Gasteiger partial charge in [0.2, 0.25) is 10.0 Å². The maximum Gasteiger partial charge on any atom is 0.321 e. The number of hydrogen-bond donors (Lipinski definition) is 2. The molecule has 0 atom stereocenters. The first kappa shape index (κ1) is 22.3. The first-order valence-electron chi connectivity index (χ1n) is 8.72. The standard InChI is InChI=1S/C20H22N2O6S/c1-13-8-9-14(2)18(10-13)29(26,27)21-11-20(25)28-12-19(24)22-17-7-5-4-6-16(17)15(3)23/h4-10,21H,11-12H2,1-3H3,(H,22,24). The van der Waals surface area contributed by atoms with Crippen molar-refractivity contribution >= 4 is 33.4 Å². The second-order valence-corrected chi connectivity index (χ2v) is 8.14. The van der Waals surface area contributed by atoms with Gasteiger partial charge >= 0.3 is 5.97 Å². The maximum absolute atomic E-state index is 12.4. The number of carbonyl (C=O) groups is 3. The fraction of sp³-hybridized carbons (Fsp3) is 0.250. The van der Waals surface area contributed by atoms with Gasteiger partial charge in [0.25, 0.3) is 5.91 Å². The molecule has 2 N–H and O–H groups in total. The first-order chi connectivity index (χ1) is 13.6. The molecule has 8 nitrogen and oxygen atoms in total. The van der Waals surface area contributed by atoms with Gasteiger partial charge in [0.15, 0.2) is 12.4 Å². The van der Waals surface area contributed by atoms with Crippen LogP contribution in [0.3, 0.4) is 0 Å². The van der Waals surface area contributed by atoms with Crippen molar-refractivity contribution in [3.8, 4) is 0 Å². The highest BCUT2D eigenvalue weighted by Crippen LogP contribution is 2.17. The molecule has 0 aromatic heterocycles. The normalized spacial score (nSPS) is 11.0. The van der Waals surface area contributed by atoms with E-state index in [1.165, 1.54) is 13.0 Å². The van der Waals surface area contributed by atoms with Crippen LogP contribution in [0.5, 0.6) is 0 Å². The van der Waals surface area contributed by atoms with Gasteiger partial charge in [0, 0.05) is 5.56 Å². The van der Waals surface area contributed by atoms with Gasteiger partial charge in [-0.05, 0) is 50.1 Å². The average Bonchev–Trinajstić information content (AvgIpc) is 2.67. The molecule has 0 aliphatic carbocycles.